The SMILES string of the molecule is Clc1ccc(-c2c(-c3ccccc3)c3c(c(-c4ccccc4)c2-c2ccc(-n4c5ccc(-c6ccccc6)cc5c5cc(-c6ccccc6)ccc54)cc2)CCCC3)cc1. The number of aromatic nitrogens is 1. The Balaban J connectivity index is 1.16. The van der Waals surface area contributed by atoms with E-state index in [0.717, 1.165) is 23.6 Å². The van der Waals surface area contributed by atoms with Crippen molar-refractivity contribution in [2.75, 3.05) is 0 Å². The fourth-order valence-electron chi connectivity index (χ4n) is 9.75. The topological polar surface area (TPSA) is 4.93 Å². The molecular formula is C58H42ClN. The maximum Gasteiger partial charge on any atom is 0.0541 e. The van der Waals surface area contributed by atoms with Crippen LogP contribution >= 0.6 is 11.6 Å². The maximum absolute atomic E-state index is 6.58. The summed E-state index contributed by atoms with van der Waals surface area (Å²) in [6, 6.07) is 75.2. The van der Waals surface area contributed by atoms with E-state index in [1.807, 2.05) is 12.1 Å². The number of nitrogens with zero attached hydrogens (tertiary/aromatic N) is 1. The van der Waals surface area contributed by atoms with E-state index < -0.39 is 0 Å². The fourth-order valence-corrected chi connectivity index (χ4v) is 9.87. The third kappa shape index (κ3) is 6.34. The lowest BCUT2D eigenvalue weighted by Crippen LogP contribution is -2.10. The van der Waals surface area contributed by atoms with Crippen molar-refractivity contribution < 1.29 is 0 Å². The van der Waals surface area contributed by atoms with Crippen LogP contribution in [0.15, 0.2) is 206 Å². The molecule has 0 N–H and O–H groups in total. The summed E-state index contributed by atoms with van der Waals surface area (Å²) in [7, 11) is 0. The summed E-state index contributed by atoms with van der Waals surface area (Å²) in [5.41, 5.74) is 21.5. The van der Waals surface area contributed by atoms with E-state index in [1.165, 1.54) is 113 Å². The van der Waals surface area contributed by atoms with Gasteiger partial charge in [0, 0.05) is 21.5 Å². The smallest absolute Gasteiger partial charge is 0.0541 e. The molecule has 0 saturated carbocycles. The molecule has 0 atom stereocenters. The fraction of sp³-hybridized carbons (Fsp3) is 0.0690. The number of rotatable bonds is 7. The molecule has 9 aromatic carbocycles. The van der Waals surface area contributed by atoms with Crippen molar-refractivity contribution >= 4 is 33.4 Å². The molecule has 0 spiro atoms. The standard InChI is InChI=1S/C58H42ClN/c59-47-31-25-43(26-32-47)57-55(41-19-9-3-10-20-41)49-23-13-14-24-50(49)56(42-21-11-4-12-22-42)58(57)44-27-33-48(34-28-44)60-53-35-29-45(39-15-5-1-6-16-39)37-51(53)52-38-46(30-36-54(52)60)40-17-7-2-8-18-40/h1-12,15-22,25-38H,13-14,23-24H2. The van der Waals surface area contributed by atoms with Gasteiger partial charge >= 0.3 is 0 Å². The summed E-state index contributed by atoms with van der Waals surface area (Å²) in [5.74, 6) is 0. The zero-order chi connectivity index (χ0) is 40.0. The minimum Gasteiger partial charge on any atom is -0.309 e. The molecule has 0 aliphatic heterocycles. The van der Waals surface area contributed by atoms with E-state index in [1.54, 1.807) is 0 Å². The van der Waals surface area contributed by atoms with Crippen LogP contribution in [0.3, 0.4) is 0 Å². The second-order valence-corrected chi connectivity index (χ2v) is 16.4. The summed E-state index contributed by atoms with van der Waals surface area (Å²) >= 11 is 6.58. The summed E-state index contributed by atoms with van der Waals surface area (Å²) in [6.07, 6.45) is 4.49. The van der Waals surface area contributed by atoms with Crippen LogP contribution in [0.2, 0.25) is 5.02 Å². The third-order valence-electron chi connectivity index (χ3n) is 12.5. The normalized spacial score (nSPS) is 12.5. The molecule has 0 fully saturated rings. The Bertz CT molecular complexity index is 3050. The first-order valence-corrected chi connectivity index (χ1v) is 21.5. The Morgan fingerprint density at radius 3 is 1.08 bits per heavy atom. The van der Waals surface area contributed by atoms with Gasteiger partial charge in [0.05, 0.1) is 11.0 Å². The first kappa shape index (κ1) is 36.2. The van der Waals surface area contributed by atoms with Gasteiger partial charge in [0.1, 0.15) is 0 Å². The van der Waals surface area contributed by atoms with Gasteiger partial charge in [0.15, 0.2) is 0 Å². The molecule has 0 amide bonds. The van der Waals surface area contributed by atoms with E-state index in [2.05, 4.69) is 199 Å². The van der Waals surface area contributed by atoms with Crippen molar-refractivity contribution in [1.82, 2.24) is 4.57 Å². The average molecular weight is 788 g/mol. The Kier molecular flexibility index (Phi) is 9.25. The number of fused-ring (bicyclic) bond motifs is 4. The van der Waals surface area contributed by atoms with Crippen molar-refractivity contribution in [3.8, 4) is 72.4 Å². The lowest BCUT2D eigenvalue weighted by Gasteiger charge is -2.30. The molecule has 0 radical (unpaired) electrons. The van der Waals surface area contributed by atoms with Crippen LogP contribution in [-0.2, 0) is 12.8 Å². The molecule has 0 saturated heterocycles. The van der Waals surface area contributed by atoms with Crippen LogP contribution in [0.25, 0.3) is 94.3 Å². The van der Waals surface area contributed by atoms with E-state index >= 15 is 0 Å². The van der Waals surface area contributed by atoms with E-state index in [9.17, 15) is 0 Å². The molecule has 1 nitrogen and oxygen atoms in total. The highest BCUT2D eigenvalue weighted by molar-refractivity contribution is 6.30. The van der Waals surface area contributed by atoms with Crippen molar-refractivity contribution in [2.45, 2.75) is 25.7 Å². The molecule has 2 heteroatoms. The summed E-state index contributed by atoms with van der Waals surface area (Å²) in [5, 5.41) is 3.23. The predicted octanol–water partition coefficient (Wildman–Crippen LogP) is 16.3. The highest BCUT2D eigenvalue weighted by Gasteiger charge is 2.28. The number of halogens is 1. The van der Waals surface area contributed by atoms with Gasteiger partial charge in [-0.05, 0) is 152 Å². The lowest BCUT2D eigenvalue weighted by molar-refractivity contribution is 0.688. The Hall–Kier alpha value is -6.93. The largest absolute Gasteiger partial charge is 0.309 e. The minimum absolute atomic E-state index is 0.741. The molecule has 11 rings (SSSR count). The Labute approximate surface area is 356 Å². The zero-order valence-electron chi connectivity index (χ0n) is 33.3. The first-order valence-electron chi connectivity index (χ1n) is 21.1. The average Bonchev–Trinajstić information content (AvgIpc) is 3.65. The Morgan fingerprint density at radius 2 is 0.667 bits per heavy atom. The van der Waals surface area contributed by atoms with Gasteiger partial charge in [-0.1, -0.05) is 169 Å². The molecule has 1 aliphatic carbocycles. The molecule has 60 heavy (non-hydrogen) atoms. The van der Waals surface area contributed by atoms with E-state index in [0.29, 0.717) is 0 Å². The van der Waals surface area contributed by atoms with Crippen LogP contribution < -0.4 is 0 Å². The molecule has 1 aromatic heterocycles. The second kappa shape index (κ2) is 15.3. The summed E-state index contributed by atoms with van der Waals surface area (Å²) < 4.78 is 2.44. The molecule has 1 heterocycles. The molecule has 0 unspecified atom stereocenters. The molecule has 1 aliphatic rings. The molecule has 286 valence electrons. The predicted molar refractivity (Wildman–Crippen MR) is 255 cm³/mol. The second-order valence-electron chi connectivity index (χ2n) is 16.0. The summed E-state index contributed by atoms with van der Waals surface area (Å²) in [4.78, 5) is 0. The van der Waals surface area contributed by atoms with E-state index in [4.69, 9.17) is 11.6 Å². The van der Waals surface area contributed by atoms with Crippen LogP contribution in [-0.4, -0.2) is 4.57 Å². The van der Waals surface area contributed by atoms with E-state index in [-0.39, 0.29) is 0 Å². The van der Waals surface area contributed by atoms with Crippen LogP contribution in [0.5, 0.6) is 0 Å². The highest BCUT2D eigenvalue weighted by atomic mass is 35.5. The van der Waals surface area contributed by atoms with Gasteiger partial charge < -0.3 is 4.57 Å². The van der Waals surface area contributed by atoms with Gasteiger partial charge in [0.2, 0.25) is 0 Å². The molecule has 10 aromatic rings. The van der Waals surface area contributed by atoms with Crippen LogP contribution in [0.4, 0.5) is 0 Å². The zero-order valence-corrected chi connectivity index (χ0v) is 34.0. The van der Waals surface area contributed by atoms with Crippen molar-refractivity contribution in [3.63, 3.8) is 0 Å². The Morgan fingerprint density at radius 1 is 0.317 bits per heavy atom. The van der Waals surface area contributed by atoms with Crippen molar-refractivity contribution in [1.29, 1.82) is 0 Å². The van der Waals surface area contributed by atoms with Crippen LogP contribution in [0, 0.1) is 0 Å². The van der Waals surface area contributed by atoms with Gasteiger partial charge in [0.25, 0.3) is 0 Å². The molecular weight excluding hydrogens is 746 g/mol. The number of hydrogen-bond donors (Lipinski definition) is 0. The number of benzene rings is 9. The van der Waals surface area contributed by atoms with Gasteiger partial charge in [-0.3, -0.25) is 0 Å². The number of hydrogen-bond acceptors (Lipinski definition) is 0. The van der Waals surface area contributed by atoms with Crippen molar-refractivity contribution in [2.24, 2.45) is 0 Å². The molecule has 0 bridgehead atoms. The highest BCUT2D eigenvalue weighted by Crippen LogP contribution is 2.52. The third-order valence-corrected chi connectivity index (χ3v) is 12.7. The maximum atomic E-state index is 6.58. The van der Waals surface area contributed by atoms with Gasteiger partial charge in [-0.25, -0.2) is 0 Å². The quantitative estimate of drug-likeness (QED) is 0.152. The lowest BCUT2D eigenvalue weighted by atomic mass is 9.73. The first-order chi connectivity index (χ1) is 29.7. The van der Waals surface area contributed by atoms with Crippen LogP contribution in [0.1, 0.15) is 24.0 Å². The van der Waals surface area contributed by atoms with Gasteiger partial charge in [-0.15, -0.1) is 0 Å². The van der Waals surface area contributed by atoms with Crippen molar-refractivity contribution in [3.05, 3.63) is 222 Å². The van der Waals surface area contributed by atoms with Gasteiger partial charge in [-0.2, -0.15) is 0 Å². The minimum atomic E-state index is 0.741. The summed E-state index contributed by atoms with van der Waals surface area (Å²) in [6.45, 7) is 0. The monoisotopic (exact) mass is 787 g/mol.